The largest absolute Gasteiger partial charge is 0.456 e. The first-order chi connectivity index (χ1) is 29.0. The Balaban J connectivity index is 0.949. The molecule has 0 N–H and O–H groups in total. The van der Waals surface area contributed by atoms with Crippen LogP contribution in [0.15, 0.2) is 108 Å². The summed E-state index contributed by atoms with van der Waals surface area (Å²) < 4.78 is 19.2. The summed E-state index contributed by atoms with van der Waals surface area (Å²) in [5, 5.41) is 1.93. The minimum atomic E-state index is -0.340. The lowest BCUT2D eigenvalue weighted by Crippen LogP contribution is -2.44. The molecule has 0 unspecified atom stereocenters. The maximum absolute atomic E-state index is 13.9. The average Bonchev–Trinajstić information content (AvgIpc) is 3.72. The van der Waals surface area contributed by atoms with Crippen molar-refractivity contribution in [3.8, 4) is 44.9 Å². The smallest absolute Gasteiger partial charge is 0.344 e. The predicted molar refractivity (Wildman–Crippen MR) is 248 cm³/mol. The SMILES string of the molecule is CC1(C)CCN2CCC(C)(C)c3c2c1cc1cc(-c2cccc(-c4ccc(-c5cccc(-c6cc7cc8c9c(c7oc6=O)C(C)(C)CCN9CCC8(C)C)c5)o4)c2)c(=O)oc31. The van der Waals surface area contributed by atoms with E-state index >= 15 is 0 Å². The highest BCUT2D eigenvalue weighted by Gasteiger charge is 2.43. The first kappa shape index (κ1) is 38.1. The second-order valence-corrected chi connectivity index (χ2v) is 20.9. The Labute approximate surface area is 357 Å². The monoisotopic (exact) mass is 810 g/mol. The van der Waals surface area contributed by atoms with E-state index in [0.717, 1.165) is 96.0 Å². The van der Waals surface area contributed by atoms with Crippen LogP contribution in [0.3, 0.4) is 0 Å². The summed E-state index contributed by atoms with van der Waals surface area (Å²) in [5.74, 6) is 1.36. The van der Waals surface area contributed by atoms with Crippen molar-refractivity contribution >= 4 is 33.3 Å². The van der Waals surface area contributed by atoms with Crippen molar-refractivity contribution in [3.63, 3.8) is 0 Å². The summed E-state index contributed by atoms with van der Waals surface area (Å²) in [6.07, 6.45) is 4.20. The zero-order valence-corrected chi connectivity index (χ0v) is 36.7. The second kappa shape index (κ2) is 12.9. The molecular formula is C54H54N2O5. The van der Waals surface area contributed by atoms with Gasteiger partial charge in [-0.2, -0.15) is 0 Å². The highest BCUT2D eigenvalue weighted by atomic mass is 16.4. The number of anilines is 2. The Hall–Kier alpha value is -5.82. The van der Waals surface area contributed by atoms with Crippen molar-refractivity contribution in [1.29, 1.82) is 0 Å². The number of rotatable bonds is 4. The lowest BCUT2D eigenvalue weighted by molar-refractivity contribution is 0.398. The molecule has 0 saturated carbocycles. The molecule has 61 heavy (non-hydrogen) atoms. The van der Waals surface area contributed by atoms with Gasteiger partial charge in [0.1, 0.15) is 22.7 Å². The van der Waals surface area contributed by atoms with E-state index in [9.17, 15) is 9.59 Å². The normalized spacial score (nSPS) is 19.2. The molecule has 7 heterocycles. The number of nitrogens with zero attached hydrogens (tertiary/aromatic N) is 2. The highest BCUT2D eigenvalue weighted by Crippen LogP contribution is 2.53. The molecule has 7 nitrogen and oxygen atoms in total. The molecule has 0 saturated heterocycles. The fourth-order valence-corrected chi connectivity index (χ4v) is 11.0. The van der Waals surface area contributed by atoms with Gasteiger partial charge in [-0.05, 0) is 118 Å². The molecule has 11 rings (SSSR count). The van der Waals surface area contributed by atoms with Crippen molar-refractivity contribution in [2.75, 3.05) is 36.0 Å². The fourth-order valence-electron chi connectivity index (χ4n) is 11.0. The van der Waals surface area contributed by atoms with Gasteiger partial charge in [0, 0.05) is 70.6 Å². The molecule has 310 valence electrons. The van der Waals surface area contributed by atoms with Crippen LogP contribution in [0.25, 0.3) is 66.8 Å². The molecule has 0 fully saturated rings. The molecule has 7 aromatic rings. The zero-order chi connectivity index (χ0) is 42.4. The van der Waals surface area contributed by atoms with Crippen LogP contribution in [-0.2, 0) is 21.7 Å². The summed E-state index contributed by atoms with van der Waals surface area (Å²) in [5.41, 5.74) is 12.4. The molecule has 0 bridgehead atoms. The van der Waals surface area contributed by atoms with Gasteiger partial charge in [0.05, 0.1) is 11.1 Å². The molecule has 0 radical (unpaired) electrons. The van der Waals surface area contributed by atoms with E-state index in [1.54, 1.807) is 0 Å². The van der Waals surface area contributed by atoms with E-state index in [4.69, 9.17) is 13.3 Å². The van der Waals surface area contributed by atoms with Crippen LogP contribution in [0.4, 0.5) is 11.4 Å². The third-order valence-corrected chi connectivity index (χ3v) is 15.0. The number of hydrogen-bond acceptors (Lipinski definition) is 7. The van der Waals surface area contributed by atoms with Crippen molar-refractivity contribution in [3.05, 3.63) is 128 Å². The zero-order valence-electron chi connectivity index (χ0n) is 36.7. The number of furan rings is 1. The van der Waals surface area contributed by atoms with E-state index in [1.165, 1.54) is 22.5 Å². The van der Waals surface area contributed by atoms with Gasteiger partial charge in [-0.15, -0.1) is 0 Å². The lowest BCUT2D eigenvalue weighted by Gasteiger charge is -2.48. The Kier molecular flexibility index (Phi) is 8.03. The summed E-state index contributed by atoms with van der Waals surface area (Å²) >= 11 is 0. The third kappa shape index (κ3) is 5.82. The van der Waals surface area contributed by atoms with Crippen molar-refractivity contribution in [2.24, 2.45) is 0 Å². The molecule has 0 spiro atoms. The Morgan fingerprint density at radius 2 is 0.820 bits per heavy atom. The minimum absolute atomic E-state index is 0.0175. The van der Waals surface area contributed by atoms with Crippen molar-refractivity contribution < 1.29 is 13.3 Å². The number of benzene rings is 4. The van der Waals surface area contributed by atoms with Crippen LogP contribution < -0.4 is 21.1 Å². The van der Waals surface area contributed by atoms with Crippen LogP contribution in [0.2, 0.25) is 0 Å². The molecule has 4 aliphatic heterocycles. The van der Waals surface area contributed by atoms with Gasteiger partial charge in [-0.25, -0.2) is 9.59 Å². The third-order valence-electron chi connectivity index (χ3n) is 15.0. The van der Waals surface area contributed by atoms with Gasteiger partial charge >= 0.3 is 11.3 Å². The van der Waals surface area contributed by atoms with Gasteiger partial charge in [0.2, 0.25) is 0 Å². The first-order valence-corrected chi connectivity index (χ1v) is 22.1. The molecular weight excluding hydrogens is 757 g/mol. The Bertz CT molecular complexity index is 2910. The summed E-state index contributed by atoms with van der Waals surface area (Å²) in [6, 6.07) is 28.4. The molecule has 0 aliphatic carbocycles. The fraction of sp³-hybridized carbons (Fsp3) is 0.370. The van der Waals surface area contributed by atoms with Crippen molar-refractivity contribution in [1.82, 2.24) is 0 Å². The lowest BCUT2D eigenvalue weighted by atomic mass is 9.69. The maximum Gasteiger partial charge on any atom is 0.344 e. The van der Waals surface area contributed by atoms with Gasteiger partial charge in [-0.3, -0.25) is 0 Å². The molecule has 4 aromatic carbocycles. The quantitative estimate of drug-likeness (QED) is 0.164. The van der Waals surface area contributed by atoms with Gasteiger partial charge in [-0.1, -0.05) is 91.8 Å². The molecule has 0 atom stereocenters. The van der Waals surface area contributed by atoms with Crippen molar-refractivity contribution in [2.45, 2.75) is 103 Å². The Morgan fingerprint density at radius 3 is 1.23 bits per heavy atom. The second-order valence-electron chi connectivity index (χ2n) is 20.9. The van der Waals surface area contributed by atoms with Gasteiger partial charge in [0.15, 0.2) is 0 Å². The predicted octanol–water partition coefficient (Wildman–Crippen LogP) is 12.5. The first-order valence-electron chi connectivity index (χ1n) is 22.1. The number of hydrogen-bond donors (Lipinski definition) is 0. The van der Waals surface area contributed by atoms with Crippen LogP contribution in [-0.4, -0.2) is 26.2 Å². The van der Waals surface area contributed by atoms with Gasteiger partial charge in [0.25, 0.3) is 0 Å². The highest BCUT2D eigenvalue weighted by molar-refractivity contribution is 5.94. The van der Waals surface area contributed by atoms with E-state index in [2.05, 4.69) is 77.3 Å². The Morgan fingerprint density at radius 1 is 0.443 bits per heavy atom. The summed E-state index contributed by atoms with van der Waals surface area (Å²) in [7, 11) is 0. The van der Waals surface area contributed by atoms with Crippen LogP contribution in [0.5, 0.6) is 0 Å². The van der Waals surface area contributed by atoms with Gasteiger partial charge < -0.3 is 23.1 Å². The molecule has 4 aliphatic rings. The van der Waals surface area contributed by atoms with E-state index in [0.29, 0.717) is 33.8 Å². The van der Waals surface area contributed by atoms with Crippen LogP contribution in [0, 0.1) is 0 Å². The van der Waals surface area contributed by atoms with Crippen LogP contribution >= 0.6 is 0 Å². The molecule has 3 aromatic heterocycles. The van der Waals surface area contributed by atoms with Crippen LogP contribution in [0.1, 0.15) is 103 Å². The minimum Gasteiger partial charge on any atom is -0.456 e. The topological polar surface area (TPSA) is 80.0 Å². The molecule has 0 amide bonds. The summed E-state index contributed by atoms with van der Waals surface area (Å²) in [6.45, 7) is 22.5. The van der Waals surface area contributed by atoms with E-state index in [1.807, 2.05) is 72.8 Å². The number of fused-ring (bicyclic) bond motifs is 4. The molecule has 7 heteroatoms. The standard InChI is InChI=1S/C54H54N2O5/c1-51(2)17-21-55-23-19-53(5,6)43-45(55)39(51)29-35-27-37(49(57)60-47(35)43)31-11-9-13-33(25-31)41-15-16-42(59-41)34-14-10-12-32(26-34)38-28-36-30-40-46-44(48(36)61-50(38)58)54(7,8)20-24-56(46)22-18-52(40,3)4/h9-16,25-30H,17-24H2,1-8H3. The van der Waals surface area contributed by atoms with E-state index in [-0.39, 0.29) is 32.9 Å². The average molecular weight is 811 g/mol. The van der Waals surface area contributed by atoms with E-state index < -0.39 is 0 Å². The summed E-state index contributed by atoms with van der Waals surface area (Å²) in [4.78, 5) is 32.8. The maximum atomic E-state index is 13.9.